The lowest BCUT2D eigenvalue weighted by molar-refractivity contribution is -0.270. The molecule has 4 nitrogen and oxygen atoms in total. The van der Waals surface area contributed by atoms with Crippen molar-refractivity contribution in [1.82, 2.24) is 0 Å². The summed E-state index contributed by atoms with van der Waals surface area (Å²) in [6.07, 6.45) is 6.03. The highest BCUT2D eigenvalue weighted by atomic mass is 17.1. The third kappa shape index (κ3) is 4.79. The van der Waals surface area contributed by atoms with Crippen LogP contribution in [0, 0.1) is 5.92 Å². The smallest absolute Gasteiger partial charge is 0.114 e. The van der Waals surface area contributed by atoms with E-state index >= 15 is 0 Å². The van der Waals surface area contributed by atoms with Gasteiger partial charge < -0.3 is 9.84 Å². The number of ether oxygens (including phenoxy) is 1. The normalized spacial score (nSPS) is 38.7. The van der Waals surface area contributed by atoms with Crippen LogP contribution < -0.4 is 0 Å². The Morgan fingerprint density at radius 1 is 1.42 bits per heavy atom. The van der Waals surface area contributed by atoms with Gasteiger partial charge in [-0.1, -0.05) is 24.8 Å². The summed E-state index contributed by atoms with van der Waals surface area (Å²) in [5.74, 6) is 0.248. The van der Waals surface area contributed by atoms with E-state index in [0.29, 0.717) is 12.8 Å². The van der Waals surface area contributed by atoms with Crippen molar-refractivity contribution in [3.05, 3.63) is 36.0 Å². The fourth-order valence-corrected chi connectivity index (χ4v) is 3.55. The molecule has 0 aromatic heterocycles. The van der Waals surface area contributed by atoms with Crippen molar-refractivity contribution in [2.75, 3.05) is 0 Å². The molecule has 1 saturated heterocycles. The number of aliphatic hydroxyl groups is 1. The standard InChI is InChI=1S/C20H32O4/c1-13(2)16-11-17(21)14(3)7-6-8-15(4)18(24-22)9-10-20(5)19(12-16)23-20/h7,16-19,21-22H,1,4,6,8-12H2,2-3,5H3. The lowest BCUT2D eigenvalue weighted by Gasteiger charge is -2.22. The van der Waals surface area contributed by atoms with Gasteiger partial charge in [-0.15, -0.1) is 0 Å². The van der Waals surface area contributed by atoms with Crippen LogP contribution in [0.1, 0.15) is 59.3 Å². The van der Waals surface area contributed by atoms with Gasteiger partial charge in [-0.2, -0.15) is 0 Å². The minimum absolute atomic E-state index is 0.172. The molecule has 0 amide bonds. The average molecular weight is 336 g/mol. The fraction of sp³-hybridized carbons (Fsp3) is 0.700. The Balaban J connectivity index is 2.15. The highest BCUT2D eigenvalue weighted by molar-refractivity contribution is 5.13. The SMILES string of the molecule is C=C(C)C1CC(O)C(C)=CCCC(=C)C(OO)CCC2(C)OC2C1. The molecule has 0 aromatic carbocycles. The van der Waals surface area contributed by atoms with Gasteiger partial charge in [0.05, 0.1) is 17.8 Å². The van der Waals surface area contributed by atoms with E-state index in [-0.39, 0.29) is 23.7 Å². The first kappa shape index (κ1) is 19.4. The van der Waals surface area contributed by atoms with Crippen LogP contribution in [0.3, 0.4) is 0 Å². The Bertz CT molecular complexity index is 510. The largest absolute Gasteiger partial charge is 0.389 e. The van der Waals surface area contributed by atoms with Gasteiger partial charge in [0.2, 0.25) is 0 Å². The molecule has 2 rings (SSSR count). The number of hydrogen-bond donors (Lipinski definition) is 2. The maximum Gasteiger partial charge on any atom is 0.114 e. The molecule has 0 bridgehead atoms. The molecular weight excluding hydrogens is 304 g/mol. The van der Waals surface area contributed by atoms with Crippen molar-refractivity contribution < 1.29 is 20.0 Å². The number of fused-ring (bicyclic) bond motifs is 1. The van der Waals surface area contributed by atoms with Gasteiger partial charge in [-0.05, 0) is 76.4 Å². The Hall–Kier alpha value is -0.940. The second-order valence-corrected chi connectivity index (χ2v) is 7.73. The zero-order valence-corrected chi connectivity index (χ0v) is 15.3. The summed E-state index contributed by atoms with van der Waals surface area (Å²) in [5.41, 5.74) is 2.78. The molecule has 0 aromatic rings. The number of epoxide rings is 1. The van der Waals surface area contributed by atoms with Gasteiger partial charge in [0, 0.05) is 0 Å². The van der Waals surface area contributed by atoms with Crippen molar-refractivity contribution >= 4 is 0 Å². The van der Waals surface area contributed by atoms with E-state index in [9.17, 15) is 10.4 Å². The highest BCUT2D eigenvalue weighted by Gasteiger charge is 2.52. The zero-order valence-electron chi connectivity index (χ0n) is 15.3. The average Bonchev–Trinajstić information content (AvgIpc) is 3.16. The third-order valence-electron chi connectivity index (χ3n) is 5.68. The second-order valence-electron chi connectivity index (χ2n) is 7.73. The maximum atomic E-state index is 10.5. The molecule has 0 spiro atoms. The van der Waals surface area contributed by atoms with Crippen molar-refractivity contribution in [3.8, 4) is 0 Å². The number of rotatable bonds is 2. The van der Waals surface area contributed by atoms with Crippen molar-refractivity contribution in [3.63, 3.8) is 0 Å². The minimum Gasteiger partial charge on any atom is -0.389 e. The Morgan fingerprint density at radius 3 is 2.75 bits per heavy atom. The van der Waals surface area contributed by atoms with Crippen LogP contribution in [-0.2, 0) is 9.62 Å². The predicted octanol–water partition coefficient (Wildman–Crippen LogP) is 4.41. The molecule has 1 aliphatic carbocycles. The highest BCUT2D eigenvalue weighted by Crippen LogP contribution is 2.46. The lowest BCUT2D eigenvalue weighted by Crippen LogP contribution is -2.22. The van der Waals surface area contributed by atoms with Crippen LogP contribution in [0.15, 0.2) is 36.0 Å². The van der Waals surface area contributed by atoms with Crippen LogP contribution in [0.25, 0.3) is 0 Å². The number of hydrogen-bond acceptors (Lipinski definition) is 4. The topological polar surface area (TPSA) is 62.2 Å². The molecule has 1 heterocycles. The van der Waals surface area contributed by atoms with E-state index in [0.717, 1.165) is 42.4 Å². The third-order valence-corrected chi connectivity index (χ3v) is 5.68. The molecule has 1 fully saturated rings. The van der Waals surface area contributed by atoms with E-state index in [4.69, 9.17) is 4.74 Å². The summed E-state index contributed by atoms with van der Waals surface area (Å²) >= 11 is 0. The molecule has 1 aliphatic heterocycles. The summed E-state index contributed by atoms with van der Waals surface area (Å²) in [7, 11) is 0. The van der Waals surface area contributed by atoms with Crippen molar-refractivity contribution in [2.24, 2.45) is 5.92 Å². The molecule has 2 N–H and O–H groups in total. The molecule has 2 aliphatic rings. The second kappa shape index (κ2) is 7.96. The van der Waals surface area contributed by atoms with Gasteiger partial charge in [0.25, 0.3) is 0 Å². The van der Waals surface area contributed by atoms with Crippen LogP contribution in [-0.4, -0.2) is 34.3 Å². The quantitative estimate of drug-likeness (QED) is 0.339. The minimum atomic E-state index is -0.460. The Kier molecular flexibility index (Phi) is 6.43. The molecule has 5 unspecified atom stereocenters. The number of allylic oxidation sites excluding steroid dienone is 2. The molecule has 136 valence electrons. The molecular formula is C20H32O4. The van der Waals surface area contributed by atoms with Gasteiger partial charge in [0.1, 0.15) is 6.10 Å². The summed E-state index contributed by atoms with van der Waals surface area (Å²) in [5, 5.41) is 19.7. The predicted molar refractivity (Wildman–Crippen MR) is 95.7 cm³/mol. The van der Waals surface area contributed by atoms with E-state index in [1.807, 2.05) is 13.8 Å². The summed E-state index contributed by atoms with van der Waals surface area (Å²) in [6, 6.07) is 0. The molecule has 0 radical (unpaired) electrons. The van der Waals surface area contributed by atoms with E-state index < -0.39 is 6.10 Å². The van der Waals surface area contributed by atoms with Crippen LogP contribution >= 0.6 is 0 Å². The summed E-state index contributed by atoms with van der Waals surface area (Å²) in [6.45, 7) is 14.2. The maximum absolute atomic E-state index is 10.5. The molecule has 0 saturated carbocycles. The zero-order chi connectivity index (χ0) is 17.9. The van der Waals surface area contributed by atoms with Crippen molar-refractivity contribution in [1.29, 1.82) is 0 Å². The van der Waals surface area contributed by atoms with E-state index in [1.165, 1.54) is 0 Å². The van der Waals surface area contributed by atoms with Gasteiger partial charge >= 0.3 is 0 Å². The number of aliphatic hydroxyl groups excluding tert-OH is 1. The fourth-order valence-electron chi connectivity index (χ4n) is 3.55. The summed E-state index contributed by atoms with van der Waals surface area (Å²) < 4.78 is 5.95. The van der Waals surface area contributed by atoms with Crippen LogP contribution in [0.2, 0.25) is 0 Å². The van der Waals surface area contributed by atoms with Crippen LogP contribution in [0.4, 0.5) is 0 Å². The first-order valence-corrected chi connectivity index (χ1v) is 8.92. The van der Waals surface area contributed by atoms with E-state index in [2.05, 4.69) is 31.0 Å². The first-order chi connectivity index (χ1) is 11.3. The Labute approximate surface area is 145 Å². The Morgan fingerprint density at radius 2 is 2.12 bits per heavy atom. The summed E-state index contributed by atoms with van der Waals surface area (Å²) in [4.78, 5) is 4.64. The first-order valence-electron chi connectivity index (χ1n) is 8.92. The molecule has 24 heavy (non-hydrogen) atoms. The van der Waals surface area contributed by atoms with Crippen LogP contribution in [0.5, 0.6) is 0 Å². The molecule has 4 heteroatoms. The lowest BCUT2D eigenvalue weighted by atomic mass is 9.84. The van der Waals surface area contributed by atoms with Gasteiger partial charge in [-0.25, -0.2) is 4.89 Å². The van der Waals surface area contributed by atoms with Gasteiger partial charge in [0.15, 0.2) is 0 Å². The monoisotopic (exact) mass is 336 g/mol. The van der Waals surface area contributed by atoms with Gasteiger partial charge in [-0.3, -0.25) is 5.26 Å². The molecule has 5 atom stereocenters. The van der Waals surface area contributed by atoms with E-state index in [1.54, 1.807) is 0 Å². The van der Waals surface area contributed by atoms with Crippen molar-refractivity contribution in [2.45, 2.75) is 83.2 Å².